The number of hydrogen-bond acceptors (Lipinski definition) is 3. The minimum absolute atomic E-state index is 0.156. The molecule has 2 atom stereocenters. The molecule has 0 amide bonds. The van der Waals surface area contributed by atoms with Crippen LogP contribution in [0.25, 0.3) is 0 Å². The van der Waals surface area contributed by atoms with Crippen molar-refractivity contribution in [3.63, 3.8) is 0 Å². The quantitative estimate of drug-likeness (QED) is 0.704. The Morgan fingerprint density at radius 2 is 1.94 bits per heavy atom. The third kappa shape index (κ3) is 2.24. The topological polar surface area (TPSA) is 35.5 Å². The summed E-state index contributed by atoms with van der Waals surface area (Å²) in [6.45, 7) is 8.26. The van der Waals surface area contributed by atoms with E-state index in [-0.39, 0.29) is 11.5 Å². The number of methoxy groups -OCH3 is 2. The molecule has 3 nitrogen and oxygen atoms in total. The standard InChI is InChI=1S/C15H24O3/c1-10-9-15(18-6,11(2)7-8-16)13(4)12(3)14(10)17-5/h8,11H,7,9H2,1-6H3. The van der Waals surface area contributed by atoms with Crippen molar-refractivity contribution in [3.05, 3.63) is 22.5 Å². The van der Waals surface area contributed by atoms with Crippen LogP contribution < -0.4 is 0 Å². The van der Waals surface area contributed by atoms with Crippen molar-refractivity contribution in [2.45, 2.75) is 46.1 Å². The number of hydrogen-bond donors (Lipinski definition) is 0. The predicted molar refractivity (Wildman–Crippen MR) is 72.3 cm³/mol. The van der Waals surface area contributed by atoms with Gasteiger partial charge in [0.05, 0.1) is 12.7 Å². The van der Waals surface area contributed by atoms with Gasteiger partial charge < -0.3 is 14.3 Å². The molecule has 0 aromatic carbocycles. The molecule has 18 heavy (non-hydrogen) atoms. The zero-order valence-electron chi connectivity index (χ0n) is 12.3. The highest BCUT2D eigenvalue weighted by Gasteiger charge is 2.42. The largest absolute Gasteiger partial charge is 0.497 e. The van der Waals surface area contributed by atoms with Crippen LogP contribution in [0.2, 0.25) is 0 Å². The van der Waals surface area contributed by atoms with Crippen molar-refractivity contribution in [3.8, 4) is 0 Å². The second-order valence-corrected chi connectivity index (χ2v) is 5.14. The van der Waals surface area contributed by atoms with Crippen molar-refractivity contribution in [1.29, 1.82) is 0 Å². The van der Waals surface area contributed by atoms with E-state index in [0.29, 0.717) is 6.42 Å². The maximum Gasteiger partial charge on any atom is 0.120 e. The molecule has 0 saturated heterocycles. The van der Waals surface area contributed by atoms with E-state index in [2.05, 4.69) is 27.7 Å². The molecule has 0 heterocycles. The Kier molecular flexibility index (Phi) is 4.74. The Morgan fingerprint density at radius 1 is 1.33 bits per heavy atom. The molecule has 102 valence electrons. The van der Waals surface area contributed by atoms with Crippen molar-refractivity contribution < 1.29 is 14.3 Å². The van der Waals surface area contributed by atoms with Gasteiger partial charge >= 0.3 is 0 Å². The fourth-order valence-electron chi connectivity index (χ4n) is 3.05. The first-order chi connectivity index (χ1) is 8.44. The lowest BCUT2D eigenvalue weighted by Crippen LogP contribution is -2.43. The summed E-state index contributed by atoms with van der Waals surface area (Å²) in [5.74, 6) is 1.11. The summed E-state index contributed by atoms with van der Waals surface area (Å²) < 4.78 is 11.3. The number of rotatable bonds is 5. The van der Waals surface area contributed by atoms with Gasteiger partial charge in [0.15, 0.2) is 0 Å². The lowest BCUT2D eigenvalue weighted by molar-refractivity contribution is -0.111. The van der Waals surface area contributed by atoms with Gasteiger partial charge in [-0.3, -0.25) is 0 Å². The summed E-state index contributed by atoms with van der Waals surface area (Å²) in [6.07, 6.45) is 2.26. The Hall–Kier alpha value is -1.09. The highest BCUT2D eigenvalue weighted by molar-refractivity contribution is 5.51. The van der Waals surface area contributed by atoms with Crippen LogP contribution in [0.1, 0.15) is 40.5 Å². The maximum absolute atomic E-state index is 10.8. The molecule has 1 rings (SSSR count). The number of carbonyl (C=O) groups is 1. The molecule has 1 aliphatic rings. The van der Waals surface area contributed by atoms with E-state index >= 15 is 0 Å². The number of carbonyl (C=O) groups excluding carboxylic acids is 1. The minimum atomic E-state index is -0.378. The van der Waals surface area contributed by atoms with E-state index in [1.807, 2.05) is 0 Å². The summed E-state index contributed by atoms with van der Waals surface area (Å²) in [7, 11) is 3.42. The Balaban J connectivity index is 3.27. The third-order valence-electron chi connectivity index (χ3n) is 4.27. The predicted octanol–water partition coefficient (Wildman–Crippen LogP) is 3.26. The molecule has 1 aliphatic carbocycles. The second kappa shape index (κ2) is 5.70. The molecule has 0 bridgehead atoms. The molecule has 0 N–H and O–H groups in total. The molecule has 0 aromatic rings. The van der Waals surface area contributed by atoms with Crippen LogP contribution in [0.5, 0.6) is 0 Å². The SMILES string of the molecule is COC1=C(C)CC(OC)(C(C)CC=O)C(C)=C1C. The number of allylic oxidation sites excluding steroid dienone is 1. The molecule has 0 radical (unpaired) electrons. The van der Waals surface area contributed by atoms with Crippen molar-refractivity contribution in [2.24, 2.45) is 5.92 Å². The number of aldehydes is 1. The fraction of sp³-hybridized carbons (Fsp3) is 0.667. The second-order valence-electron chi connectivity index (χ2n) is 5.14. The zero-order chi connectivity index (χ0) is 13.9. The van der Waals surface area contributed by atoms with Gasteiger partial charge in [0.25, 0.3) is 0 Å². The highest BCUT2D eigenvalue weighted by atomic mass is 16.5. The molecular formula is C15H24O3. The van der Waals surface area contributed by atoms with Crippen molar-refractivity contribution >= 4 is 6.29 Å². The monoisotopic (exact) mass is 252 g/mol. The molecule has 0 aliphatic heterocycles. The third-order valence-corrected chi connectivity index (χ3v) is 4.27. The van der Waals surface area contributed by atoms with Crippen molar-refractivity contribution in [2.75, 3.05) is 14.2 Å². The van der Waals surface area contributed by atoms with E-state index in [0.717, 1.165) is 24.0 Å². The van der Waals surface area contributed by atoms with Gasteiger partial charge in [0.1, 0.15) is 12.0 Å². The van der Waals surface area contributed by atoms with Crippen LogP contribution in [-0.2, 0) is 14.3 Å². The van der Waals surface area contributed by atoms with Gasteiger partial charge in [-0.05, 0) is 43.4 Å². The molecule has 2 unspecified atom stereocenters. The Morgan fingerprint density at radius 3 is 2.39 bits per heavy atom. The molecule has 0 saturated carbocycles. The minimum Gasteiger partial charge on any atom is -0.497 e. The molecule has 3 heteroatoms. The number of ether oxygens (including phenoxy) is 2. The summed E-state index contributed by atoms with van der Waals surface area (Å²) in [5.41, 5.74) is 3.10. The summed E-state index contributed by atoms with van der Waals surface area (Å²) in [6, 6.07) is 0. The van der Waals surface area contributed by atoms with E-state index < -0.39 is 0 Å². The van der Waals surface area contributed by atoms with Crippen LogP contribution in [-0.4, -0.2) is 26.1 Å². The normalized spacial score (nSPS) is 26.3. The first kappa shape index (κ1) is 15.0. The first-order valence-electron chi connectivity index (χ1n) is 6.35. The Bertz CT molecular complexity index is 393. The van der Waals surface area contributed by atoms with Crippen LogP contribution in [0.3, 0.4) is 0 Å². The van der Waals surface area contributed by atoms with Crippen molar-refractivity contribution in [1.82, 2.24) is 0 Å². The van der Waals surface area contributed by atoms with Crippen LogP contribution >= 0.6 is 0 Å². The lowest BCUT2D eigenvalue weighted by Gasteiger charge is -2.43. The van der Waals surface area contributed by atoms with Gasteiger partial charge in [-0.15, -0.1) is 0 Å². The maximum atomic E-state index is 10.8. The Labute approximate surface area is 110 Å². The van der Waals surface area contributed by atoms with E-state index in [1.54, 1.807) is 14.2 Å². The average Bonchev–Trinajstić information content (AvgIpc) is 2.34. The summed E-state index contributed by atoms with van der Waals surface area (Å²) in [4.78, 5) is 10.8. The van der Waals surface area contributed by atoms with E-state index in [1.165, 1.54) is 11.1 Å². The van der Waals surface area contributed by atoms with Crippen LogP contribution in [0, 0.1) is 5.92 Å². The molecule has 0 fully saturated rings. The molecule has 0 spiro atoms. The lowest BCUT2D eigenvalue weighted by atomic mass is 9.71. The van der Waals surface area contributed by atoms with Crippen LogP contribution in [0.4, 0.5) is 0 Å². The van der Waals surface area contributed by atoms with Gasteiger partial charge in [0, 0.05) is 20.0 Å². The fourth-order valence-corrected chi connectivity index (χ4v) is 3.05. The van der Waals surface area contributed by atoms with Crippen LogP contribution in [0.15, 0.2) is 22.5 Å². The molecule has 0 aromatic heterocycles. The van der Waals surface area contributed by atoms with E-state index in [4.69, 9.17) is 9.47 Å². The van der Waals surface area contributed by atoms with Gasteiger partial charge in [0.2, 0.25) is 0 Å². The first-order valence-corrected chi connectivity index (χ1v) is 6.35. The van der Waals surface area contributed by atoms with Gasteiger partial charge in [-0.1, -0.05) is 6.92 Å². The summed E-state index contributed by atoms with van der Waals surface area (Å²) in [5, 5.41) is 0. The smallest absolute Gasteiger partial charge is 0.120 e. The zero-order valence-corrected chi connectivity index (χ0v) is 12.3. The van der Waals surface area contributed by atoms with Gasteiger partial charge in [-0.25, -0.2) is 0 Å². The average molecular weight is 252 g/mol. The summed E-state index contributed by atoms with van der Waals surface area (Å²) >= 11 is 0. The molecular weight excluding hydrogens is 228 g/mol. The van der Waals surface area contributed by atoms with Gasteiger partial charge in [-0.2, -0.15) is 0 Å². The highest BCUT2D eigenvalue weighted by Crippen LogP contribution is 2.44. The van der Waals surface area contributed by atoms with E-state index in [9.17, 15) is 4.79 Å².